The summed E-state index contributed by atoms with van der Waals surface area (Å²) in [6.45, 7) is 9.51. The van der Waals surface area contributed by atoms with Crippen molar-refractivity contribution in [2.45, 2.75) is 39.4 Å². The van der Waals surface area contributed by atoms with E-state index in [2.05, 4.69) is 46.8 Å². The van der Waals surface area contributed by atoms with Gasteiger partial charge in [0.2, 0.25) is 0 Å². The first-order chi connectivity index (χ1) is 13.4. The number of rotatable bonds is 8. The van der Waals surface area contributed by atoms with Crippen molar-refractivity contribution in [3.05, 3.63) is 58.7 Å². The second kappa shape index (κ2) is 8.75. The molecule has 0 aliphatic heterocycles. The highest BCUT2D eigenvalue weighted by Gasteiger charge is 2.18. The number of ether oxygens (including phenoxy) is 1. The molecule has 28 heavy (non-hydrogen) atoms. The molecule has 7 heteroatoms. The highest BCUT2D eigenvalue weighted by molar-refractivity contribution is 7.99. The van der Waals surface area contributed by atoms with E-state index in [1.54, 1.807) is 13.4 Å². The van der Waals surface area contributed by atoms with Gasteiger partial charge in [0.25, 0.3) is 0 Å². The monoisotopic (exact) mass is 398 g/mol. The predicted octanol–water partition coefficient (Wildman–Crippen LogP) is 3.92. The number of hydrogen-bond acceptors (Lipinski definition) is 5. The number of carbonyl (C=O) groups is 1. The van der Waals surface area contributed by atoms with Gasteiger partial charge in [-0.1, -0.05) is 29.5 Å². The van der Waals surface area contributed by atoms with Crippen LogP contribution in [0.25, 0.3) is 5.69 Å². The van der Waals surface area contributed by atoms with Crippen LogP contribution in [0.3, 0.4) is 0 Å². The fraction of sp³-hybridized carbons (Fsp3) is 0.381. The van der Waals surface area contributed by atoms with Crippen molar-refractivity contribution in [1.82, 2.24) is 19.3 Å². The molecule has 3 rings (SSSR count). The summed E-state index contributed by atoms with van der Waals surface area (Å²) in [6, 6.07) is 8.21. The van der Waals surface area contributed by atoms with Crippen molar-refractivity contribution >= 4 is 17.5 Å². The molecule has 0 aliphatic carbocycles. The highest BCUT2D eigenvalue weighted by atomic mass is 32.2. The van der Waals surface area contributed by atoms with Crippen LogP contribution in [-0.4, -0.2) is 44.6 Å². The number of aromatic nitrogens is 4. The van der Waals surface area contributed by atoms with Crippen LogP contribution in [0.2, 0.25) is 0 Å². The average molecular weight is 399 g/mol. The minimum absolute atomic E-state index is 0.0944. The number of thioether (sulfide) groups is 1. The molecule has 1 aromatic carbocycles. The fourth-order valence-corrected chi connectivity index (χ4v) is 4.19. The summed E-state index contributed by atoms with van der Waals surface area (Å²) in [7, 11) is 1.68. The molecule has 0 atom stereocenters. The summed E-state index contributed by atoms with van der Waals surface area (Å²) < 4.78 is 9.23. The van der Waals surface area contributed by atoms with Crippen molar-refractivity contribution in [1.29, 1.82) is 0 Å². The van der Waals surface area contributed by atoms with Gasteiger partial charge in [-0.15, -0.1) is 10.2 Å². The van der Waals surface area contributed by atoms with Gasteiger partial charge in [-0.3, -0.25) is 9.36 Å². The van der Waals surface area contributed by atoms with E-state index in [1.165, 1.54) is 17.3 Å². The number of benzene rings is 1. The lowest BCUT2D eigenvalue weighted by atomic mass is 10.1. The molecule has 0 saturated carbocycles. The number of carbonyl (C=O) groups excluding carboxylic acids is 1. The van der Waals surface area contributed by atoms with E-state index in [0.29, 0.717) is 17.5 Å². The number of hydrogen-bond donors (Lipinski definition) is 0. The zero-order valence-corrected chi connectivity index (χ0v) is 17.8. The van der Waals surface area contributed by atoms with Crippen molar-refractivity contribution in [3.8, 4) is 5.69 Å². The van der Waals surface area contributed by atoms with Crippen molar-refractivity contribution in [2.24, 2.45) is 0 Å². The normalized spacial score (nSPS) is 11.2. The lowest BCUT2D eigenvalue weighted by Crippen LogP contribution is -2.10. The summed E-state index contributed by atoms with van der Waals surface area (Å²) in [6.07, 6.45) is 1.70. The van der Waals surface area contributed by atoms with Crippen LogP contribution in [0.5, 0.6) is 0 Å². The Morgan fingerprint density at radius 1 is 1.18 bits per heavy atom. The molecule has 3 aromatic rings. The minimum Gasteiger partial charge on any atom is -0.383 e. The highest BCUT2D eigenvalue weighted by Crippen LogP contribution is 2.24. The third-order valence-corrected chi connectivity index (χ3v) is 5.80. The van der Waals surface area contributed by atoms with E-state index < -0.39 is 0 Å². The van der Waals surface area contributed by atoms with Crippen LogP contribution in [0, 0.1) is 27.7 Å². The maximum Gasteiger partial charge on any atom is 0.196 e. The minimum atomic E-state index is 0.0944. The van der Waals surface area contributed by atoms with Gasteiger partial charge in [0.15, 0.2) is 10.9 Å². The van der Waals surface area contributed by atoms with Crippen molar-refractivity contribution in [2.75, 3.05) is 19.5 Å². The number of aryl methyl sites for hydroxylation is 3. The van der Waals surface area contributed by atoms with Crippen LogP contribution in [-0.2, 0) is 11.3 Å². The summed E-state index contributed by atoms with van der Waals surface area (Å²) in [4.78, 5) is 12.8. The Hall–Kier alpha value is -2.38. The van der Waals surface area contributed by atoms with E-state index in [4.69, 9.17) is 4.74 Å². The van der Waals surface area contributed by atoms with Crippen LogP contribution in [0.1, 0.15) is 32.9 Å². The third kappa shape index (κ3) is 4.20. The van der Waals surface area contributed by atoms with E-state index in [-0.39, 0.29) is 5.78 Å². The number of nitrogens with zero attached hydrogens (tertiary/aromatic N) is 4. The predicted molar refractivity (Wildman–Crippen MR) is 112 cm³/mol. The molecular formula is C21H26N4O2S. The number of Topliss-reactive ketones (excluding diaryl/α,β-unsaturated/α-hetero) is 1. The Kier molecular flexibility index (Phi) is 6.36. The molecule has 0 N–H and O–H groups in total. The molecule has 0 amide bonds. The first kappa shape index (κ1) is 20.4. The lowest BCUT2D eigenvalue weighted by Gasteiger charge is -2.10. The average Bonchev–Trinajstić information content (AvgIpc) is 3.23. The SMILES string of the molecule is COCCn1c(C)cc(C(=O)CSc2nncn2-c2ccc(C)cc2C)c1C. The molecule has 2 heterocycles. The number of ketones is 1. The molecule has 148 valence electrons. The van der Waals surface area contributed by atoms with Gasteiger partial charge in [0.1, 0.15) is 6.33 Å². The third-order valence-electron chi connectivity index (χ3n) is 4.85. The Bertz CT molecular complexity index is 990. The molecule has 0 saturated heterocycles. The summed E-state index contributed by atoms with van der Waals surface area (Å²) in [5.41, 5.74) is 6.21. The molecule has 6 nitrogen and oxygen atoms in total. The van der Waals surface area contributed by atoms with Crippen LogP contribution < -0.4 is 0 Å². The van der Waals surface area contributed by atoms with Crippen LogP contribution in [0.4, 0.5) is 0 Å². The Morgan fingerprint density at radius 3 is 2.68 bits per heavy atom. The molecule has 0 radical (unpaired) electrons. The van der Waals surface area contributed by atoms with Gasteiger partial charge in [0.05, 0.1) is 18.0 Å². The van der Waals surface area contributed by atoms with E-state index in [1.807, 2.05) is 24.5 Å². The molecule has 0 aliphatic rings. The van der Waals surface area contributed by atoms with Gasteiger partial charge in [0, 0.05) is 30.6 Å². The summed E-state index contributed by atoms with van der Waals surface area (Å²) in [5, 5.41) is 8.97. The topological polar surface area (TPSA) is 61.9 Å². The second-order valence-corrected chi connectivity index (χ2v) is 7.86. The van der Waals surface area contributed by atoms with Gasteiger partial charge in [-0.2, -0.15) is 0 Å². The Labute approximate surface area is 169 Å². The molecule has 0 bridgehead atoms. The zero-order chi connectivity index (χ0) is 20.3. The maximum atomic E-state index is 12.8. The summed E-state index contributed by atoms with van der Waals surface area (Å²) in [5.74, 6) is 0.412. The smallest absolute Gasteiger partial charge is 0.196 e. The van der Waals surface area contributed by atoms with E-state index in [0.717, 1.165) is 34.7 Å². The van der Waals surface area contributed by atoms with Gasteiger partial charge in [-0.05, 0) is 45.4 Å². The first-order valence-electron chi connectivity index (χ1n) is 9.21. The largest absolute Gasteiger partial charge is 0.383 e. The van der Waals surface area contributed by atoms with Gasteiger partial charge < -0.3 is 9.30 Å². The molecule has 0 fully saturated rings. The second-order valence-electron chi connectivity index (χ2n) is 6.91. The van der Waals surface area contributed by atoms with Crippen molar-refractivity contribution < 1.29 is 9.53 Å². The fourth-order valence-electron chi connectivity index (χ4n) is 3.38. The van der Waals surface area contributed by atoms with E-state index >= 15 is 0 Å². The maximum absolute atomic E-state index is 12.8. The zero-order valence-electron chi connectivity index (χ0n) is 17.0. The quantitative estimate of drug-likeness (QED) is 0.425. The van der Waals surface area contributed by atoms with Crippen molar-refractivity contribution in [3.63, 3.8) is 0 Å². The molecule has 0 unspecified atom stereocenters. The molecule has 0 spiro atoms. The lowest BCUT2D eigenvalue weighted by molar-refractivity contribution is 0.102. The van der Waals surface area contributed by atoms with Crippen LogP contribution in [0.15, 0.2) is 35.7 Å². The first-order valence-corrected chi connectivity index (χ1v) is 10.2. The molecular weight excluding hydrogens is 372 g/mol. The number of methoxy groups -OCH3 is 1. The molecule has 2 aromatic heterocycles. The summed E-state index contributed by atoms with van der Waals surface area (Å²) >= 11 is 1.41. The Morgan fingerprint density at radius 2 is 1.96 bits per heavy atom. The van der Waals surface area contributed by atoms with Crippen LogP contribution >= 0.6 is 11.8 Å². The van der Waals surface area contributed by atoms with Gasteiger partial charge in [-0.25, -0.2) is 0 Å². The van der Waals surface area contributed by atoms with E-state index in [9.17, 15) is 4.79 Å². The van der Waals surface area contributed by atoms with Gasteiger partial charge >= 0.3 is 0 Å². The standard InChI is InChI=1S/C21H26N4O2S/c1-14-6-7-19(15(2)10-14)25-13-22-23-21(25)28-12-20(26)18-11-16(3)24(17(18)4)8-9-27-5/h6-7,10-11,13H,8-9,12H2,1-5H3. The Balaban J connectivity index is 1.75.